The van der Waals surface area contributed by atoms with E-state index in [1.54, 1.807) is 24.3 Å². The van der Waals surface area contributed by atoms with Gasteiger partial charge in [0.05, 0.1) is 28.5 Å². The molecule has 1 N–H and O–H groups in total. The largest absolute Gasteiger partial charge is 0.418 e. The number of hydrogen-bond donors (Lipinski definition) is 1. The van der Waals surface area contributed by atoms with Crippen LogP contribution in [0.4, 0.5) is 18.9 Å². The molecule has 0 aliphatic carbocycles. The van der Waals surface area contributed by atoms with Crippen LogP contribution in [0.2, 0.25) is 0 Å². The van der Waals surface area contributed by atoms with Crippen molar-refractivity contribution < 1.29 is 18.0 Å². The fourth-order valence-corrected chi connectivity index (χ4v) is 2.40. The maximum atomic E-state index is 12.9. The van der Waals surface area contributed by atoms with Gasteiger partial charge in [-0.3, -0.25) is 14.2 Å². The summed E-state index contributed by atoms with van der Waals surface area (Å²) in [7, 11) is 0. The van der Waals surface area contributed by atoms with Crippen LogP contribution < -0.4 is 10.9 Å². The molecule has 1 heterocycles. The van der Waals surface area contributed by atoms with Crippen LogP contribution in [-0.4, -0.2) is 15.5 Å². The summed E-state index contributed by atoms with van der Waals surface area (Å²) < 4.78 is 39.9. The van der Waals surface area contributed by atoms with Crippen molar-refractivity contribution in [2.24, 2.45) is 0 Å². The Kier molecular flexibility index (Phi) is 4.26. The number of carbonyl (C=O) groups excluding carboxylic acids is 1. The summed E-state index contributed by atoms with van der Waals surface area (Å²) in [6.07, 6.45) is -3.40. The zero-order valence-electron chi connectivity index (χ0n) is 12.7. The summed E-state index contributed by atoms with van der Waals surface area (Å²) in [6.45, 7) is -0.442. The summed E-state index contributed by atoms with van der Waals surface area (Å²) in [4.78, 5) is 28.5. The minimum absolute atomic E-state index is 0.327. The van der Waals surface area contributed by atoms with E-state index in [4.69, 9.17) is 0 Å². The van der Waals surface area contributed by atoms with E-state index >= 15 is 0 Å². The molecule has 0 radical (unpaired) electrons. The number of amides is 1. The summed E-state index contributed by atoms with van der Waals surface area (Å²) in [5.74, 6) is -0.754. The molecule has 128 valence electrons. The quantitative estimate of drug-likeness (QED) is 0.792. The number of nitrogens with one attached hydrogen (secondary N) is 1. The van der Waals surface area contributed by atoms with Crippen molar-refractivity contribution in [1.82, 2.24) is 9.55 Å². The van der Waals surface area contributed by atoms with E-state index < -0.39 is 29.8 Å². The fraction of sp³-hybridized carbons (Fsp3) is 0.118. The minimum atomic E-state index is -4.59. The van der Waals surface area contributed by atoms with Crippen molar-refractivity contribution in [3.63, 3.8) is 0 Å². The van der Waals surface area contributed by atoms with Crippen LogP contribution in [0.3, 0.4) is 0 Å². The first-order valence-corrected chi connectivity index (χ1v) is 7.26. The molecule has 0 fully saturated rings. The number of hydrogen-bond acceptors (Lipinski definition) is 3. The van der Waals surface area contributed by atoms with E-state index in [-0.39, 0.29) is 5.69 Å². The molecule has 25 heavy (non-hydrogen) atoms. The van der Waals surface area contributed by atoms with Gasteiger partial charge in [0.1, 0.15) is 6.54 Å². The minimum Gasteiger partial charge on any atom is -0.324 e. The Morgan fingerprint density at radius 2 is 1.76 bits per heavy atom. The van der Waals surface area contributed by atoms with E-state index in [2.05, 4.69) is 10.3 Å². The van der Waals surface area contributed by atoms with Gasteiger partial charge >= 0.3 is 6.18 Å². The highest BCUT2D eigenvalue weighted by Crippen LogP contribution is 2.34. The Bertz CT molecular complexity index is 996. The highest BCUT2D eigenvalue weighted by atomic mass is 19.4. The number of anilines is 1. The van der Waals surface area contributed by atoms with E-state index in [0.717, 1.165) is 16.7 Å². The van der Waals surface area contributed by atoms with Crippen LogP contribution in [0.1, 0.15) is 5.56 Å². The van der Waals surface area contributed by atoms with Gasteiger partial charge in [-0.1, -0.05) is 24.3 Å². The molecule has 0 spiro atoms. The molecule has 0 saturated carbocycles. The Morgan fingerprint density at radius 3 is 2.52 bits per heavy atom. The molecule has 0 aliphatic rings. The third-order valence-electron chi connectivity index (χ3n) is 3.55. The van der Waals surface area contributed by atoms with Crippen LogP contribution >= 0.6 is 0 Å². The Labute approximate surface area is 139 Å². The van der Waals surface area contributed by atoms with Crippen molar-refractivity contribution >= 4 is 22.5 Å². The molecule has 0 atom stereocenters. The van der Waals surface area contributed by atoms with Gasteiger partial charge in [0, 0.05) is 0 Å². The molecule has 8 heteroatoms. The first-order valence-electron chi connectivity index (χ1n) is 7.26. The molecule has 0 unspecified atom stereocenters. The van der Waals surface area contributed by atoms with Gasteiger partial charge in [-0.05, 0) is 24.3 Å². The van der Waals surface area contributed by atoms with Gasteiger partial charge < -0.3 is 5.32 Å². The third-order valence-corrected chi connectivity index (χ3v) is 3.55. The third kappa shape index (κ3) is 3.52. The number of aromatic nitrogens is 2. The van der Waals surface area contributed by atoms with Crippen molar-refractivity contribution in [3.05, 3.63) is 70.8 Å². The summed E-state index contributed by atoms with van der Waals surface area (Å²) in [5.41, 5.74) is -1.27. The van der Waals surface area contributed by atoms with Gasteiger partial charge in [-0.25, -0.2) is 4.98 Å². The topological polar surface area (TPSA) is 64.0 Å². The SMILES string of the molecule is O=C(Cn1cnc2ccccc2c1=O)Nc1ccccc1C(F)(F)F. The number of benzene rings is 2. The number of carbonyl (C=O) groups is 1. The predicted octanol–water partition coefficient (Wildman–Crippen LogP) is 3.05. The number of halogens is 3. The number of fused-ring (bicyclic) bond motifs is 1. The molecule has 2 aromatic carbocycles. The van der Waals surface area contributed by atoms with Gasteiger partial charge in [-0.15, -0.1) is 0 Å². The van der Waals surface area contributed by atoms with Crippen molar-refractivity contribution in [2.45, 2.75) is 12.7 Å². The van der Waals surface area contributed by atoms with Crippen molar-refractivity contribution in [1.29, 1.82) is 0 Å². The molecule has 3 aromatic rings. The number of rotatable bonds is 3. The van der Waals surface area contributed by atoms with E-state index in [1.807, 2.05) is 0 Å². The normalized spacial score (nSPS) is 11.5. The molecule has 0 saturated heterocycles. The van der Waals surface area contributed by atoms with Crippen molar-refractivity contribution in [3.8, 4) is 0 Å². The van der Waals surface area contributed by atoms with Gasteiger partial charge in [0.25, 0.3) is 5.56 Å². The zero-order chi connectivity index (χ0) is 18.0. The number of alkyl halides is 3. The highest BCUT2D eigenvalue weighted by Gasteiger charge is 2.33. The van der Waals surface area contributed by atoms with E-state index in [0.29, 0.717) is 10.9 Å². The summed E-state index contributed by atoms with van der Waals surface area (Å²) >= 11 is 0. The average molecular weight is 347 g/mol. The fourth-order valence-electron chi connectivity index (χ4n) is 2.40. The molecule has 0 bridgehead atoms. The molecular formula is C17H12F3N3O2. The van der Waals surface area contributed by atoms with Crippen molar-refractivity contribution in [2.75, 3.05) is 5.32 Å². The lowest BCUT2D eigenvalue weighted by Gasteiger charge is -2.14. The van der Waals surface area contributed by atoms with Crippen LogP contribution in [0.5, 0.6) is 0 Å². The molecular weight excluding hydrogens is 335 g/mol. The Balaban J connectivity index is 1.85. The second kappa shape index (κ2) is 6.39. The van der Waals surface area contributed by atoms with Crippen LogP contribution in [-0.2, 0) is 17.5 Å². The first kappa shape index (κ1) is 16.7. The monoisotopic (exact) mass is 347 g/mol. The smallest absolute Gasteiger partial charge is 0.324 e. The highest BCUT2D eigenvalue weighted by molar-refractivity contribution is 5.91. The predicted molar refractivity (Wildman–Crippen MR) is 86.1 cm³/mol. The summed E-state index contributed by atoms with van der Waals surface area (Å²) in [6, 6.07) is 11.3. The van der Waals surface area contributed by atoms with E-state index in [1.165, 1.54) is 18.5 Å². The Hall–Kier alpha value is -3.16. The lowest BCUT2D eigenvalue weighted by Crippen LogP contribution is -2.28. The second-order valence-electron chi connectivity index (χ2n) is 5.29. The maximum Gasteiger partial charge on any atom is 0.418 e. The Morgan fingerprint density at radius 1 is 1.08 bits per heavy atom. The first-order chi connectivity index (χ1) is 11.9. The summed E-state index contributed by atoms with van der Waals surface area (Å²) in [5, 5.41) is 2.52. The molecule has 5 nitrogen and oxygen atoms in total. The maximum absolute atomic E-state index is 12.9. The molecule has 1 aromatic heterocycles. The molecule has 1 amide bonds. The standard InChI is InChI=1S/C17H12F3N3O2/c18-17(19,20)12-6-2-4-8-14(12)22-15(24)9-23-10-21-13-7-3-1-5-11(13)16(23)25/h1-8,10H,9H2,(H,22,24). The van der Waals surface area contributed by atoms with Gasteiger partial charge in [0.2, 0.25) is 5.91 Å². The van der Waals surface area contributed by atoms with E-state index in [9.17, 15) is 22.8 Å². The lowest BCUT2D eigenvalue weighted by atomic mass is 10.1. The number of para-hydroxylation sites is 2. The average Bonchev–Trinajstić information content (AvgIpc) is 2.57. The van der Waals surface area contributed by atoms with Gasteiger partial charge in [0.15, 0.2) is 0 Å². The van der Waals surface area contributed by atoms with Crippen LogP contribution in [0.15, 0.2) is 59.7 Å². The number of nitrogens with zero attached hydrogens (tertiary/aromatic N) is 2. The zero-order valence-corrected chi connectivity index (χ0v) is 12.7. The van der Waals surface area contributed by atoms with Crippen LogP contribution in [0.25, 0.3) is 10.9 Å². The second-order valence-corrected chi connectivity index (χ2v) is 5.29. The lowest BCUT2D eigenvalue weighted by molar-refractivity contribution is -0.137. The van der Waals surface area contributed by atoms with Crippen LogP contribution in [0, 0.1) is 0 Å². The van der Waals surface area contributed by atoms with Gasteiger partial charge in [-0.2, -0.15) is 13.2 Å². The molecule has 0 aliphatic heterocycles. The molecule has 3 rings (SSSR count).